The van der Waals surface area contributed by atoms with Crippen molar-refractivity contribution in [2.45, 2.75) is 33.2 Å². The maximum atomic E-state index is 14.7. The van der Waals surface area contributed by atoms with E-state index in [0.717, 1.165) is 39.6 Å². The summed E-state index contributed by atoms with van der Waals surface area (Å²) in [6, 6.07) is 8.30. The van der Waals surface area contributed by atoms with E-state index in [0.29, 0.717) is 46.5 Å². The zero-order valence-electron chi connectivity index (χ0n) is 23.5. The largest absolute Gasteiger partial charge is 0.424 e. The lowest BCUT2D eigenvalue weighted by Crippen LogP contribution is -2.45. The van der Waals surface area contributed by atoms with Gasteiger partial charge in [0.15, 0.2) is 5.65 Å². The second kappa shape index (κ2) is 11.7. The minimum atomic E-state index is -3.00. The number of carbonyl (C=O) groups is 1. The Kier molecular flexibility index (Phi) is 8.08. The van der Waals surface area contributed by atoms with Gasteiger partial charge in [-0.3, -0.25) is 14.3 Å². The molecule has 1 amide bonds. The number of rotatable bonds is 9. The van der Waals surface area contributed by atoms with Gasteiger partial charge in [-0.15, -0.1) is 0 Å². The molecule has 5 rings (SSSR count). The number of alkyl halides is 2. The molecule has 1 saturated heterocycles. The van der Waals surface area contributed by atoms with Crippen LogP contribution in [0.3, 0.4) is 0 Å². The van der Waals surface area contributed by atoms with E-state index in [2.05, 4.69) is 47.3 Å². The number of fused-ring (bicyclic) bond motifs is 1. The number of aromatic nitrogens is 5. The fourth-order valence-corrected chi connectivity index (χ4v) is 4.79. The number of pyridine rings is 1. The van der Waals surface area contributed by atoms with Crippen molar-refractivity contribution in [3.05, 3.63) is 53.9 Å². The smallest absolute Gasteiger partial charge is 0.324 e. The van der Waals surface area contributed by atoms with Crippen molar-refractivity contribution in [1.82, 2.24) is 34.3 Å². The van der Waals surface area contributed by atoms with Gasteiger partial charge in [0, 0.05) is 77.1 Å². The van der Waals surface area contributed by atoms with Gasteiger partial charge in [0.2, 0.25) is 11.9 Å². The van der Waals surface area contributed by atoms with Crippen LogP contribution in [0, 0.1) is 0 Å². The highest BCUT2D eigenvalue weighted by Gasteiger charge is 2.29. The molecular formula is C28H33F2N9O2. The molecule has 216 valence electrons. The third-order valence-electron chi connectivity index (χ3n) is 6.98. The maximum Gasteiger partial charge on any atom is 0.324 e. The highest BCUT2D eigenvalue weighted by molar-refractivity contribution is 5.87. The van der Waals surface area contributed by atoms with Gasteiger partial charge in [0.1, 0.15) is 17.1 Å². The van der Waals surface area contributed by atoms with Crippen LogP contribution in [-0.2, 0) is 24.3 Å². The highest BCUT2D eigenvalue weighted by Crippen LogP contribution is 2.34. The number of piperazine rings is 1. The van der Waals surface area contributed by atoms with Crippen LogP contribution in [-0.4, -0.2) is 72.9 Å². The molecule has 0 radical (unpaired) electrons. The molecule has 0 atom stereocenters. The van der Waals surface area contributed by atoms with Crippen LogP contribution in [0.5, 0.6) is 11.8 Å². The van der Waals surface area contributed by atoms with Crippen LogP contribution in [0.1, 0.15) is 31.9 Å². The molecular weight excluding hydrogens is 532 g/mol. The SMILES string of the molecule is CCN1CCN(Cc2ccc(Nc3nc4cnc(Oc5ccnc(NC(C)=O)c5)nc4n3C)cc2C(C)(F)F)CC1. The quantitative estimate of drug-likeness (QED) is 0.303. The number of ether oxygens (including phenoxy) is 1. The van der Waals surface area contributed by atoms with E-state index in [1.165, 1.54) is 25.4 Å². The fraction of sp³-hybridized carbons (Fsp3) is 0.393. The van der Waals surface area contributed by atoms with E-state index in [4.69, 9.17) is 4.74 Å². The van der Waals surface area contributed by atoms with E-state index in [1.54, 1.807) is 35.9 Å². The van der Waals surface area contributed by atoms with Crippen LogP contribution in [0.4, 0.5) is 26.2 Å². The number of carbonyl (C=O) groups excluding carboxylic acids is 1. The summed E-state index contributed by atoms with van der Waals surface area (Å²) in [7, 11) is 1.76. The Morgan fingerprint density at radius 2 is 1.83 bits per heavy atom. The van der Waals surface area contributed by atoms with Crippen molar-refractivity contribution < 1.29 is 18.3 Å². The zero-order valence-corrected chi connectivity index (χ0v) is 23.5. The summed E-state index contributed by atoms with van der Waals surface area (Å²) in [6.45, 7) is 9.52. The second-order valence-electron chi connectivity index (χ2n) is 10.1. The minimum absolute atomic E-state index is 0.00866. The predicted molar refractivity (Wildman–Crippen MR) is 152 cm³/mol. The first-order valence-electron chi connectivity index (χ1n) is 13.4. The monoisotopic (exact) mass is 565 g/mol. The molecule has 11 nitrogen and oxygen atoms in total. The predicted octanol–water partition coefficient (Wildman–Crippen LogP) is 4.50. The maximum absolute atomic E-state index is 14.7. The number of hydrogen-bond donors (Lipinski definition) is 2. The van der Waals surface area contributed by atoms with Gasteiger partial charge < -0.3 is 20.3 Å². The first-order valence-corrected chi connectivity index (χ1v) is 13.4. The van der Waals surface area contributed by atoms with Crippen molar-refractivity contribution in [3.63, 3.8) is 0 Å². The molecule has 13 heteroatoms. The van der Waals surface area contributed by atoms with Crippen molar-refractivity contribution in [1.29, 1.82) is 0 Å². The number of amides is 1. The highest BCUT2D eigenvalue weighted by atomic mass is 19.3. The van der Waals surface area contributed by atoms with Gasteiger partial charge in [0.05, 0.1) is 6.20 Å². The molecule has 3 aromatic heterocycles. The Hall–Kier alpha value is -4.23. The number of nitrogens with zero attached hydrogens (tertiary/aromatic N) is 7. The molecule has 1 aliphatic heterocycles. The van der Waals surface area contributed by atoms with Gasteiger partial charge in [-0.1, -0.05) is 13.0 Å². The Morgan fingerprint density at radius 1 is 1.07 bits per heavy atom. The lowest BCUT2D eigenvalue weighted by atomic mass is 10.0. The van der Waals surface area contributed by atoms with Crippen molar-refractivity contribution in [2.24, 2.45) is 7.05 Å². The first-order chi connectivity index (χ1) is 19.6. The standard InChI is InChI=1S/C28H33F2N9O2/c1-5-38-10-12-39(13-11-38)17-19-6-7-20(14-22(19)28(3,29)30)34-26-35-23-16-32-27(36-25(23)37(26)4)41-21-8-9-31-24(15-21)33-18(2)40/h6-9,14-16H,5,10-13,17H2,1-4H3,(H,34,35)(H,31,33,40). The van der Waals surface area contributed by atoms with E-state index in [-0.39, 0.29) is 17.5 Å². The molecule has 4 aromatic rings. The van der Waals surface area contributed by atoms with E-state index >= 15 is 0 Å². The Labute approximate surface area is 236 Å². The van der Waals surface area contributed by atoms with Crippen molar-refractivity contribution in [3.8, 4) is 11.8 Å². The van der Waals surface area contributed by atoms with Gasteiger partial charge in [-0.25, -0.2) is 23.7 Å². The molecule has 1 aromatic carbocycles. The number of aryl methyl sites for hydroxylation is 1. The first kappa shape index (κ1) is 28.3. The van der Waals surface area contributed by atoms with E-state index < -0.39 is 5.92 Å². The van der Waals surface area contributed by atoms with Crippen LogP contribution in [0.15, 0.2) is 42.7 Å². The molecule has 0 aliphatic carbocycles. The average Bonchev–Trinajstić information content (AvgIpc) is 3.23. The molecule has 0 spiro atoms. The molecule has 41 heavy (non-hydrogen) atoms. The number of hydrogen-bond acceptors (Lipinski definition) is 9. The molecule has 1 fully saturated rings. The van der Waals surface area contributed by atoms with Crippen LogP contribution in [0.2, 0.25) is 0 Å². The minimum Gasteiger partial charge on any atom is -0.424 e. The fourth-order valence-electron chi connectivity index (χ4n) is 4.79. The average molecular weight is 566 g/mol. The van der Waals surface area contributed by atoms with Crippen LogP contribution in [0.25, 0.3) is 11.2 Å². The molecule has 2 N–H and O–H groups in total. The van der Waals surface area contributed by atoms with Crippen LogP contribution >= 0.6 is 0 Å². The zero-order chi connectivity index (χ0) is 29.1. The van der Waals surface area contributed by atoms with Crippen molar-refractivity contribution >= 4 is 34.5 Å². The van der Waals surface area contributed by atoms with Crippen molar-refractivity contribution in [2.75, 3.05) is 43.4 Å². The summed E-state index contributed by atoms with van der Waals surface area (Å²) in [6.07, 6.45) is 3.02. The molecule has 0 bridgehead atoms. The number of halogens is 2. The summed E-state index contributed by atoms with van der Waals surface area (Å²) >= 11 is 0. The Balaban J connectivity index is 1.34. The Bertz CT molecular complexity index is 1550. The van der Waals surface area contributed by atoms with Crippen LogP contribution < -0.4 is 15.4 Å². The number of anilines is 3. The topological polar surface area (TPSA) is 113 Å². The van der Waals surface area contributed by atoms with Gasteiger partial charge in [-0.05, 0) is 30.3 Å². The molecule has 0 unspecified atom stereocenters. The number of nitrogens with one attached hydrogen (secondary N) is 2. The van der Waals surface area contributed by atoms with E-state index in [1.807, 2.05) is 0 Å². The van der Waals surface area contributed by atoms with Gasteiger partial charge >= 0.3 is 6.01 Å². The third kappa shape index (κ3) is 6.74. The third-order valence-corrected chi connectivity index (χ3v) is 6.98. The lowest BCUT2D eigenvalue weighted by Gasteiger charge is -2.34. The summed E-state index contributed by atoms with van der Waals surface area (Å²) in [5.74, 6) is -2.11. The number of imidazole rings is 1. The number of likely N-dealkylation sites (N-methyl/N-ethyl adjacent to an activating group) is 1. The Morgan fingerprint density at radius 3 is 2.54 bits per heavy atom. The molecule has 0 saturated carbocycles. The molecule has 4 heterocycles. The molecule has 1 aliphatic rings. The van der Waals surface area contributed by atoms with Gasteiger partial charge in [0.25, 0.3) is 5.92 Å². The summed E-state index contributed by atoms with van der Waals surface area (Å²) in [5, 5.41) is 5.75. The normalized spacial score (nSPS) is 14.8. The number of benzene rings is 1. The second-order valence-corrected chi connectivity index (χ2v) is 10.1. The summed E-state index contributed by atoms with van der Waals surface area (Å²) in [5.41, 5.74) is 2.08. The lowest BCUT2D eigenvalue weighted by molar-refractivity contribution is -0.114. The summed E-state index contributed by atoms with van der Waals surface area (Å²) < 4.78 is 36.9. The summed E-state index contributed by atoms with van der Waals surface area (Å²) in [4.78, 5) is 33.2. The van der Waals surface area contributed by atoms with E-state index in [9.17, 15) is 13.6 Å². The van der Waals surface area contributed by atoms with Gasteiger partial charge in [-0.2, -0.15) is 4.98 Å².